The van der Waals surface area contributed by atoms with Crippen molar-refractivity contribution in [2.24, 2.45) is 0 Å². The smallest absolute Gasteiger partial charge is 0.0326 e. The predicted octanol–water partition coefficient (Wildman–Crippen LogP) is 4.39. The third kappa shape index (κ3) is 3.26. The lowest BCUT2D eigenvalue weighted by atomic mass is 10.1. The van der Waals surface area contributed by atoms with Crippen molar-refractivity contribution in [3.05, 3.63) is 29.8 Å². The molecule has 0 radical (unpaired) electrons. The number of nitrogens with one attached hydrogen (secondary N) is 1. The molecule has 0 heterocycles. The van der Waals surface area contributed by atoms with Crippen molar-refractivity contribution in [2.75, 3.05) is 7.05 Å². The zero-order valence-electron chi connectivity index (χ0n) is 10.9. The molecule has 0 aromatic heterocycles. The molecule has 1 atom stereocenters. The van der Waals surface area contributed by atoms with Crippen LogP contribution in [0.4, 0.5) is 0 Å². The topological polar surface area (TPSA) is 12.0 Å². The first kappa shape index (κ1) is 13.0. The maximum Gasteiger partial charge on any atom is 0.0326 e. The number of hydrogen-bond acceptors (Lipinski definition) is 2. The van der Waals surface area contributed by atoms with E-state index in [0.29, 0.717) is 6.04 Å². The highest BCUT2D eigenvalue weighted by atomic mass is 32.2. The minimum Gasteiger partial charge on any atom is -0.313 e. The van der Waals surface area contributed by atoms with E-state index >= 15 is 0 Å². The molecule has 1 aromatic carbocycles. The molecule has 2 heteroatoms. The molecule has 94 valence electrons. The van der Waals surface area contributed by atoms with Crippen LogP contribution in [0.5, 0.6) is 0 Å². The molecule has 0 aliphatic heterocycles. The van der Waals surface area contributed by atoms with Crippen LogP contribution in [0.2, 0.25) is 0 Å². The van der Waals surface area contributed by atoms with E-state index in [2.05, 4.69) is 55.3 Å². The quantitative estimate of drug-likeness (QED) is 0.830. The normalized spacial score (nSPS) is 18.5. The fourth-order valence-corrected chi connectivity index (χ4v) is 4.07. The predicted molar refractivity (Wildman–Crippen MR) is 76.6 cm³/mol. The molecule has 1 unspecified atom stereocenters. The molecular formula is C15H23NS. The molecule has 17 heavy (non-hydrogen) atoms. The third-order valence-electron chi connectivity index (χ3n) is 3.65. The summed E-state index contributed by atoms with van der Waals surface area (Å²) in [7, 11) is 2.06. The molecule has 1 aromatic rings. The molecule has 1 nitrogen and oxygen atoms in total. The van der Waals surface area contributed by atoms with Crippen LogP contribution in [0.25, 0.3) is 0 Å². The van der Waals surface area contributed by atoms with E-state index in [-0.39, 0.29) is 0 Å². The lowest BCUT2D eigenvalue weighted by molar-refractivity contribution is 0.568. The lowest BCUT2D eigenvalue weighted by Crippen LogP contribution is -2.16. The van der Waals surface area contributed by atoms with Gasteiger partial charge in [0.05, 0.1) is 0 Å². The summed E-state index contributed by atoms with van der Waals surface area (Å²) in [5.41, 5.74) is 1.48. The Labute approximate surface area is 109 Å². The van der Waals surface area contributed by atoms with Gasteiger partial charge in [-0.05, 0) is 37.9 Å². The second-order valence-corrected chi connectivity index (χ2v) is 6.15. The van der Waals surface area contributed by atoms with Crippen molar-refractivity contribution in [2.45, 2.75) is 55.2 Å². The van der Waals surface area contributed by atoms with Gasteiger partial charge in [0.2, 0.25) is 0 Å². The van der Waals surface area contributed by atoms with Crippen molar-refractivity contribution in [3.63, 3.8) is 0 Å². The van der Waals surface area contributed by atoms with Gasteiger partial charge in [-0.15, -0.1) is 11.8 Å². The molecule has 0 amide bonds. The van der Waals surface area contributed by atoms with Crippen molar-refractivity contribution in [1.82, 2.24) is 5.32 Å². The summed E-state index contributed by atoms with van der Waals surface area (Å²) in [6.45, 7) is 2.25. The van der Waals surface area contributed by atoms with E-state index in [9.17, 15) is 0 Å². The molecule has 1 fully saturated rings. The fraction of sp³-hybridized carbons (Fsp3) is 0.600. The van der Waals surface area contributed by atoms with E-state index in [4.69, 9.17) is 0 Å². The van der Waals surface area contributed by atoms with E-state index in [1.165, 1.54) is 36.1 Å². The van der Waals surface area contributed by atoms with Gasteiger partial charge < -0.3 is 5.32 Å². The summed E-state index contributed by atoms with van der Waals surface area (Å²) in [6, 6.07) is 9.40. The van der Waals surface area contributed by atoms with E-state index in [0.717, 1.165) is 11.7 Å². The highest BCUT2D eigenvalue weighted by Gasteiger charge is 2.19. The largest absolute Gasteiger partial charge is 0.313 e. The molecule has 2 rings (SSSR count). The first-order chi connectivity index (χ1) is 8.35. The Balaban J connectivity index is 2.14. The number of thioether (sulfide) groups is 1. The van der Waals surface area contributed by atoms with Gasteiger partial charge in [0.15, 0.2) is 0 Å². The fourth-order valence-electron chi connectivity index (χ4n) is 2.64. The van der Waals surface area contributed by atoms with E-state index in [1.54, 1.807) is 0 Å². The van der Waals surface area contributed by atoms with Crippen LogP contribution in [0.15, 0.2) is 29.2 Å². The number of benzene rings is 1. The van der Waals surface area contributed by atoms with E-state index in [1.807, 2.05) is 0 Å². The van der Waals surface area contributed by atoms with E-state index < -0.39 is 0 Å². The molecule has 0 saturated heterocycles. The van der Waals surface area contributed by atoms with Crippen molar-refractivity contribution in [1.29, 1.82) is 0 Å². The summed E-state index contributed by atoms with van der Waals surface area (Å²) < 4.78 is 0. The Morgan fingerprint density at radius 3 is 2.65 bits per heavy atom. The van der Waals surface area contributed by atoms with Crippen LogP contribution < -0.4 is 5.32 Å². The SMILES string of the molecule is CCC(NC)c1ccccc1SC1CCCC1. The van der Waals surface area contributed by atoms with Crippen molar-refractivity contribution >= 4 is 11.8 Å². The summed E-state index contributed by atoms with van der Waals surface area (Å²) >= 11 is 2.10. The van der Waals surface area contributed by atoms with Gasteiger partial charge in [0.25, 0.3) is 0 Å². The molecule has 0 spiro atoms. The second-order valence-electron chi connectivity index (χ2n) is 4.81. The number of hydrogen-bond donors (Lipinski definition) is 1. The zero-order chi connectivity index (χ0) is 12.1. The van der Waals surface area contributed by atoms with Crippen LogP contribution in [-0.2, 0) is 0 Å². The summed E-state index contributed by atoms with van der Waals surface area (Å²) in [5, 5.41) is 4.27. The van der Waals surface area contributed by atoms with Crippen molar-refractivity contribution < 1.29 is 0 Å². The Kier molecular flexibility index (Phi) is 4.93. The Morgan fingerprint density at radius 1 is 1.29 bits per heavy atom. The molecule has 1 N–H and O–H groups in total. The molecule has 1 aliphatic rings. The third-order valence-corrected chi connectivity index (χ3v) is 5.08. The Morgan fingerprint density at radius 2 is 2.00 bits per heavy atom. The highest BCUT2D eigenvalue weighted by Crippen LogP contribution is 2.38. The van der Waals surface area contributed by atoms with Crippen LogP contribution in [0.3, 0.4) is 0 Å². The van der Waals surface area contributed by atoms with Gasteiger partial charge in [-0.25, -0.2) is 0 Å². The monoisotopic (exact) mass is 249 g/mol. The summed E-state index contributed by atoms with van der Waals surface area (Å²) in [5.74, 6) is 0. The van der Waals surface area contributed by atoms with Gasteiger partial charge in [-0.2, -0.15) is 0 Å². The average molecular weight is 249 g/mol. The van der Waals surface area contributed by atoms with Gasteiger partial charge in [0.1, 0.15) is 0 Å². The first-order valence-corrected chi connectivity index (χ1v) is 7.66. The standard InChI is InChI=1S/C15H23NS/c1-3-14(16-2)13-10-6-7-11-15(13)17-12-8-4-5-9-12/h6-7,10-12,14,16H,3-5,8-9H2,1-2H3. The highest BCUT2D eigenvalue weighted by molar-refractivity contribution is 8.00. The van der Waals surface area contributed by atoms with Gasteiger partial charge in [-0.3, -0.25) is 0 Å². The second kappa shape index (κ2) is 6.46. The summed E-state index contributed by atoms with van der Waals surface area (Å²) in [6.07, 6.45) is 6.79. The minimum absolute atomic E-state index is 0.500. The molecule has 1 saturated carbocycles. The first-order valence-electron chi connectivity index (χ1n) is 6.78. The maximum absolute atomic E-state index is 3.42. The molecule has 1 aliphatic carbocycles. The van der Waals surface area contributed by atoms with Gasteiger partial charge >= 0.3 is 0 Å². The van der Waals surface area contributed by atoms with Gasteiger partial charge in [0, 0.05) is 16.2 Å². The van der Waals surface area contributed by atoms with Crippen LogP contribution in [0, 0.1) is 0 Å². The van der Waals surface area contributed by atoms with Crippen LogP contribution in [-0.4, -0.2) is 12.3 Å². The Hall–Kier alpha value is -0.470. The maximum atomic E-state index is 3.42. The molecule has 0 bridgehead atoms. The lowest BCUT2D eigenvalue weighted by Gasteiger charge is -2.19. The molecular weight excluding hydrogens is 226 g/mol. The minimum atomic E-state index is 0.500. The Bertz CT molecular complexity index is 341. The average Bonchev–Trinajstić information content (AvgIpc) is 2.86. The summed E-state index contributed by atoms with van der Waals surface area (Å²) in [4.78, 5) is 1.49. The van der Waals surface area contributed by atoms with Crippen molar-refractivity contribution in [3.8, 4) is 0 Å². The zero-order valence-corrected chi connectivity index (χ0v) is 11.7. The number of rotatable bonds is 5. The van der Waals surface area contributed by atoms with Crippen LogP contribution in [0.1, 0.15) is 50.6 Å². The van der Waals surface area contributed by atoms with Crippen LogP contribution >= 0.6 is 11.8 Å². The van der Waals surface area contributed by atoms with Gasteiger partial charge in [-0.1, -0.05) is 38.0 Å².